The molecule has 0 spiro atoms. The van der Waals surface area contributed by atoms with Crippen molar-refractivity contribution in [3.63, 3.8) is 0 Å². The molecule has 1 aliphatic rings. The van der Waals surface area contributed by atoms with Crippen molar-refractivity contribution in [3.05, 3.63) is 65.1 Å². The molecule has 7 nitrogen and oxygen atoms in total. The molecule has 1 aromatic carbocycles. The average Bonchev–Trinajstić information content (AvgIpc) is 2.74. The number of benzene rings is 1. The number of carbonyl (C=O) groups excluding carboxylic acids is 1. The van der Waals surface area contributed by atoms with Crippen LogP contribution in [0.25, 0.3) is 10.9 Å². The van der Waals surface area contributed by atoms with E-state index in [1.54, 1.807) is 24.3 Å². The summed E-state index contributed by atoms with van der Waals surface area (Å²) in [5, 5.41) is 0.552. The van der Waals surface area contributed by atoms with Gasteiger partial charge in [0, 0.05) is 38.6 Å². The number of hydrogen-bond acceptors (Lipinski definition) is 5. The predicted molar refractivity (Wildman–Crippen MR) is 108 cm³/mol. The Hall–Kier alpha value is -3.29. The fraction of sp³-hybridized carbons (Fsp3) is 0.333. The lowest BCUT2D eigenvalue weighted by Gasteiger charge is -2.40. The molecule has 1 atom stereocenters. The molecule has 0 radical (unpaired) electrons. The Balaban J connectivity index is 1.38. The Labute approximate surface area is 167 Å². The standard InChI is InChI=1S/C21H22FN5O2/c1-15-13-25(10-11-27(15)19-7-6-16(22)12-23-19)20(28)8-9-26-14-24-18-5-3-2-4-17(18)21(26)29/h2-7,12,14-15H,8-11,13H2,1H3. The number of rotatable bonds is 4. The molecule has 8 heteroatoms. The molecular weight excluding hydrogens is 373 g/mol. The van der Waals surface area contributed by atoms with E-state index in [-0.39, 0.29) is 29.7 Å². The predicted octanol–water partition coefficient (Wildman–Crippen LogP) is 2.06. The van der Waals surface area contributed by atoms with E-state index in [9.17, 15) is 14.0 Å². The van der Waals surface area contributed by atoms with E-state index in [2.05, 4.69) is 14.9 Å². The van der Waals surface area contributed by atoms with Crippen molar-refractivity contribution in [3.8, 4) is 0 Å². The Morgan fingerprint density at radius 3 is 2.76 bits per heavy atom. The van der Waals surface area contributed by atoms with Crippen LogP contribution in [0.2, 0.25) is 0 Å². The lowest BCUT2D eigenvalue weighted by molar-refractivity contribution is -0.132. The Bertz CT molecular complexity index is 1080. The number of hydrogen-bond donors (Lipinski definition) is 0. The van der Waals surface area contributed by atoms with E-state index < -0.39 is 0 Å². The van der Waals surface area contributed by atoms with Crippen LogP contribution in [-0.4, -0.2) is 51.0 Å². The van der Waals surface area contributed by atoms with Crippen molar-refractivity contribution in [2.45, 2.75) is 25.9 Å². The maximum absolute atomic E-state index is 13.1. The first-order chi connectivity index (χ1) is 14.0. The van der Waals surface area contributed by atoms with Crippen LogP contribution in [0.5, 0.6) is 0 Å². The first kappa shape index (κ1) is 19.0. The zero-order valence-corrected chi connectivity index (χ0v) is 16.2. The maximum atomic E-state index is 13.1. The highest BCUT2D eigenvalue weighted by molar-refractivity contribution is 5.78. The van der Waals surface area contributed by atoms with Gasteiger partial charge in [0.2, 0.25) is 5.91 Å². The summed E-state index contributed by atoms with van der Waals surface area (Å²) in [6.45, 7) is 4.06. The van der Waals surface area contributed by atoms with Gasteiger partial charge in [0.1, 0.15) is 11.6 Å². The van der Waals surface area contributed by atoms with Gasteiger partial charge in [-0.25, -0.2) is 14.4 Å². The number of pyridine rings is 1. The summed E-state index contributed by atoms with van der Waals surface area (Å²) < 4.78 is 14.6. The van der Waals surface area contributed by atoms with Crippen molar-refractivity contribution >= 4 is 22.6 Å². The second kappa shape index (κ2) is 7.98. The molecule has 1 unspecified atom stereocenters. The SMILES string of the molecule is CC1CN(C(=O)CCn2cnc3ccccc3c2=O)CCN1c1ccc(F)cn1. The second-order valence-corrected chi connectivity index (χ2v) is 7.23. The highest BCUT2D eigenvalue weighted by atomic mass is 19.1. The van der Waals surface area contributed by atoms with Gasteiger partial charge in [0.15, 0.2) is 0 Å². The smallest absolute Gasteiger partial charge is 0.261 e. The zero-order chi connectivity index (χ0) is 20.4. The third kappa shape index (κ3) is 3.96. The maximum Gasteiger partial charge on any atom is 0.261 e. The van der Waals surface area contributed by atoms with Gasteiger partial charge in [-0.15, -0.1) is 0 Å². The van der Waals surface area contributed by atoms with E-state index in [0.717, 1.165) is 0 Å². The minimum atomic E-state index is -0.367. The van der Waals surface area contributed by atoms with Gasteiger partial charge in [0.05, 0.1) is 23.4 Å². The molecule has 3 aromatic rings. The molecule has 4 rings (SSSR count). The number of anilines is 1. The Morgan fingerprint density at radius 1 is 1.17 bits per heavy atom. The number of nitrogens with zero attached hydrogens (tertiary/aromatic N) is 5. The van der Waals surface area contributed by atoms with Gasteiger partial charge < -0.3 is 9.80 Å². The molecule has 1 fully saturated rings. The highest BCUT2D eigenvalue weighted by Crippen LogP contribution is 2.19. The zero-order valence-electron chi connectivity index (χ0n) is 16.2. The number of amides is 1. The molecule has 1 amide bonds. The third-order valence-corrected chi connectivity index (χ3v) is 5.28. The molecule has 0 bridgehead atoms. The summed E-state index contributed by atoms with van der Waals surface area (Å²) in [6, 6.07) is 10.3. The summed E-state index contributed by atoms with van der Waals surface area (Å²) in [4.78, 5) is 37.5. The minimum absolute atomic E-state index is 0.00336. The van der Waals surface area contributed by atoms with Gasteiger partial charge in [-0.3, -0.25) is 14.2 Å². The van der Waals surface area contributed by atoms with Crippen LogP contribution in [0.3, 0.4) is 0 Å². The van der Waals surface area contributed by atoms with Crippen LogP contribution in [0, 0.1) is 5.82 Å². The minimum Gasteiger partial charge on any atom is -0.350 e. The van der Waals surface area contributed by atoms with Crippen LogP contribution in [0.1, 0.15) is 13.3 Å². The molecule has 0 aliphatic carbocycles. The third-order valence-electron chi connectivity index (χ3n) is 5.28. The average molecular weight is 395 g/mol. The Kier molecular flexibility index (Phi) is 5.24. The van der Waals surface area contributed by atoms with Gasteiger partial charge in [0.25, 0.3) is 5.56 Å². The van der Waals surface area contributed by atoms with Crippen molar-refractivity contribution in [1.82, 2.24) is 19.4 Å². The van der Waals surface area contributed by atoms with Crippen LogP contribution in [-0.2, 0) is 11.3 Å². The number of para-hydroxylation sites is 1. The molecule has 1 saturated heterocycles. The van der Waals surface area contributed by atoms with Crippen LogP contribution in [0.4, 0.5) is 10.2 Å². The van der Waals surface area contributed by atoms with E-state index in [1.165, 1.54) is 23.2 Å². The van der Waals surface area contributed by atoms with Crippen molar-refractivity contribution < 1.29 is 9.18 Å². The van der Waals surface area contributed by atoms with Gasteiger partial charge >= 0.3 is 0 Å². The normalized spacial score (nSPS) is 17.0. The molecule has 1 aliphatic heterocycles. The molecular formula is C21H22FN5O2. The first-order valence-corrected chi connectivity index (χ1v) is 9.63. The largest absolute Gasteiger partial charge is 0.350 e. The molecule has 150 valence electrons. The molecule has 3 heterocycles. The van der Waals surface area contributed by atoms with Crippen molar-refractivity contribution in [2.75, 3.05) is 24.5 Å². The number of aromatic nitrogens is 3. The van der Waals surface area contributed by atoms with Crippen molar-refractivity contribution in [2.24, 2.45) is 0 Å². The topological polar surface area (TPSA) is 71.3 Å². The number of halogens is 1. The summed E-state index contributed by atoms with van der Waals surface area (Å²) >= 11 is 0. The first-order valence-electron chi connectivity index (χ1n) is 9.63. The quantitative estimate of drug-likeness (QED) is 0.676. The van der Waals surface area contributed by atoms with E-state index in [4.69, 9.17) is 0 Å². The fourth-order valence-electron chi connectivity index (χ4n) is 3.70. The number of fused-ring (bicyclic) bond motifs is 1. The van der Waals surface area contributed by atoms with Gasteiger partial charge in [-0.1, -0.05) is 12.1 Å². The second-order valence-electron chi connectivity index (χ2n) is 7.23. The molecule has 0 saturated carbocycles. The summed E-state index contributed by atoms with van der Waals surface area (Å²) in [7, 11) is 0. The Morgan fingerprint density at radius 2 is 2.00 bits per heavy atom. The van der Waals surface area contributed by atoms with E-state index in [0.29, 0.717) is 42.9 Å². The number of carbonyl (C=O) groups is 1. The molecule has 0 N–H and O–H groups in total. The fourth-order valence-corrected chi connectivity index (χ4v) is 3.70. The highest BCUT2D eigenvalue weighted by Gasteiger charge is 2.27. The van der Waals surface area contributed by atoms with Crippen LogP contribution < -0.4 is 10.5 Å². The van der Waals surface area contributed by atoms with Gasteiger partial charge in [-0.2, -0.15) is 0 Å². The lowest BCUT2D eigenvalue weighted by Crippen LogP contribution is -2.54. The summed E-state index contributed by atoms with van der Waals surface area (Å²) in [6.07, 6.45) is 2.94. The van der Waals surface area contributed by atoms with Gasteiger partial charge in [-0.05, 0) is 31.2 Å². The monoisotopic (exact) mass is 395 g/mol. The summed E-state index contributed by atoms with van der Waals surface area (Å²) in [5.41, 5.74) is 0.517. The van der Waals surface area contributed by atoms with E-state index in [1.807, 2.05) is 17.9 Å². The van der Waals surface area contributed by atoms with Crippen LogP contribution in [0.15, 0.2) is 53.7 Å². The number of aryl methyl sites for hydroxylation is 1. The molecule has 29 heavy (non-hydrogen) atoms. The number of piperazine rings is 1. The lowest BCUT2D eigenvalue weighted by atomic mass is 10.1. The molecule has 2 aromatic heterocycles. The van der Waals surface area contributed by atoms with Crippen LogP contribution >= 0.6 is 0 Å². The van der Waals surface area contributed by atoms with E-state index >= 15 is 0 Å². The summed E-state index contributed by atoms with van der Waals surface area (Å²) in [5.74, 6) is 0.344. The van der Waals surface area contributed by atoms with Crippen molar-refractivity contribution in [1.29, 1.82) is 0 Å².